The Bertz CT molecular complexity index is 506. The summed E-state index contributed by atoms with van der Waals surface area (Å²) in [6.07, 6.45) is 5.47. The molecule has 2 heteroatoms. The molecule has 96 valence electrons. The van der Waals surface area contributed by atoms with Gasteiger partial charge in [0.2, 0.25) is 0 Å². The number of nitrogens with two attached hydrogens (primary N) is 1. The Balaban J connectivity index is 1.96. The summed E-state index contributed by atoms with van der Waals surface area (Å²) in [6, 6.07) is 5.63. The number of benzene rings is 1. The number of rotatable bonds is 0. The van der Waals surface area contributed by atoms with E-state index in [9.17, 15) is 4.39 Å². The minimum Gasteiger partial charge on any atom is -0.325 e. The third-order valence-corrected chi connectivity index (χ3v) is 5.50. The molecule has 0 spiro atoms. The van der Waals surface area contributed by atoms with Crippen molar-refractivity contribution in [3.63, 3.8) is 0 Å². The molecule has 4 aliphatic rings. The summed E-state index contributed by atoms with van der Waals surface area (Å²) in [5.41, 5.74) is 9.15. The van der Waals surface area contributed by atoms with E-state index in [4.69, 9.17) is 5.73 Å². The van der Waals surface area contributed by atoms with E-state index in [1.807, 2.05) is 6.07 Å². The zero-order chi connectivity index (χ0) is 12.5. The van der Waals surface area contributed by atoms with E-state index in [1.54, 1.807) is 6.07 Å². The van der Waals surface area contributed by atoms with E-state index in [0.29, 0.717) is 17.3 Å². The predicted molar refractivity (Wildman–Crippen MR) is 70.0 cm³/mol. The molecular weight excluding hydrogens is 225 g/mol. The minimum absolute atomic E-state index is 0.00194. The van der Waals surface area contributed by atoms with Crippen LogP contribution in [0, 0.1) is 11.2 Å². The number of hydrogen-bond donors (Lipinski definition) is 1. The van der Waals surface area contributed by atoms with Crippen LogP contribution < -0.4 is 5.73 Å². The van der Waals surface area contributed by atoms with Crippen molar-refractivity contribution in [3.8, 4) is 0 Å². The number of hydrogen-bond acceptors (Lipinski definition) is 1. The monoisotopic (exact) mass is 245 g/mol. The zero-order valence-electron chi connectivity index (χ0n) is 10.9. The Labute approximate surface area is 108 Å². The van der Waals surface area contributed by atoms with Gasteiger partial charge in [0.25, 0.3) is 0 Å². The first-order valence-corrected chi connectivity index (χ1v) is 7.05. The summed E-state index contributed by atoms with van der Waals surface area (Å²) in [5, 5.41) is 0. The Morgan fingerprint density at radius 3 is 2.67 bits per heavy atom. The smallest absolute Gasteiger partial charge is 0.126 e. The van der Waals surface area contributed by atoms with Crippen LogP contribution in [0.15, 0.2) is 18.2 Å². The molecule has 2 fully saturated rings. The fraction of sp³-hybridized carbons (Fsp3) is 0.625. The van der Waals surface area contributed by atoms with Crippen LogP contribution in [-0.4, -0.2) is 5.54 Å². The minimum atomic E-state index is -0.0496. The van der Waals surface area contributed by atoms with Crippen molar-refractivity contribution in [2.45, 2.75) is 56.4 Å². The van der Waals surface area contributed by atoms with Gasteiger partial charge in [0.1, 0.15) is 5.82 Å². The number of halogens is 1. The van der Waals surface area contributed by atoms with Gasteiger partial charge in [-0.15, -0.1) is 0 Å². The van der Waals surface area contributed by atoms with Crippen LogP contribution in [0.3, 0.4) is 0 Å². The van der Waals surface area contributed by atoms with Crippen molar-refractivity contribution in [1.29, 1.82) is 0 Å². The van der Waals surface area contributed by atoms with Crippen LogP contribution in [0.5, 0.6) is 0 Å². The summed E-state index contributed by atoms with van der Waals surface area (Å²) in [4.78, 5) is 0. The second-order valence-electron chi connectivity index (χ2n) is 7.30. The molecule has 1 aromatic carbocycles. The summed E-state index contributed by atoms with van der Waals surface area (Å²) >= 11 is 0. The molecular formula is C16H20FN. The topological polar surface area (TPSA) is 26.0 Å². The molecule has 0 radical (unpaired) electrons. The van der Waals surface area contributed by atoms with E-state index >= 15 is 0 Å². The van der Waals surface area contributed by atoms with Gasteiger partial charge in [-0.05, 0) is 66.5 Å². The first-order valence-electron chi connectivity index (χ1n) is 7.05. The van der Waals surface area contributed by atoms with E-state index < -0.39 is 0 Å². The SMILES string of the molecule is CC12CC3CC(N)(CC(C1)c1c(F)cccc13)C2. The van der Waals surface area contributed by atoms with Crippen molar-refractivity contribution in [3.05, 3.63) is 35.1 Å². The molecule has 2 N–H and O–H groups in total. The molecule has 4 bridgehead atoms. The van der Waals surface area contributed by atoms with Crippen molar-refractivity contribution < 1.29 is 4.39 Å². The highest BCUT2D eigenvalue weighted by Gasteiger charge is 2.53. The average Bonchev–Trinajstić information content (AvgIpc) is 2.37. The van der Waals surface area contributed by atoms with Crippen LogP contribution >= 0.6 is 0 Å². The maximum absolute atomic E-state index is 14.2. The molecule has 0 heterocycles. The predicted octanol–water partition coefficient (Wildman–Crippen LogP) is 3.69. The van der Waals surface area contributed by atoms with Gasteiger partial charge in [0.05, 0.1) is 0 Å². The molecule has 0 aliphatic heterocycles. The van der Waals surface area contributed by atoms with Crippen LogP contribution in [0.2, 0.25) is 0 Å². The van der Waals surface area contributed by atoms with Crippen molar-refractivity contribution in [2.75, 3.05) is 0 Å². The summed E-state index contributed by atoms with van der Waals surface area (Å²) < 4.78 is 14.2. The lowest BCUT2D eigenvalue weighted by atomic mass is 9.56. The Morgan fingerprint density at radius 1 is 1.17 bits per heavy atom. The average molecular weight is 245 g/mol. The highest BCUT2D eigenvalue weighted by molar-refractivity contribution is 5.40. The fourth-order valence-corrected chi connectivity index (χ4v) is 5.39. The molecule has 4 atom stereocenters. The van der Waals surface area contributed by atoms with E-state index in [2.05, 4.69) is 13.0 Å². The maximum atomic E-state index is 14.2. The van der Waals surface area contributed by atoms with Gasteiger partial charge in [-0.1, -0.05) is 19.1 Å². The molecule has 0 saturated heterocycles. The van der Waals surface area contributed by atoms with Gasteiger partial charge >= 0.3 is 0 Å². The highest BCUT2D eigenvalue weighted by atomic mass is 19.1. The molecule has 4 unspecified atom stereocenters. The highest BCUT2D eigenvalue weighted by Crippen LogP contribution is 2.62. The zero-order valence-corrected chi connectivity index (χ0v) is 10.9. The molecule has 18 heavy (non-hydrogen) atoms. The summed E-state index contributed by atoms with van der Waals surface area (Å²) in [5.74, 6) is 0.822. The fourth-order valence-electron chi connectivity index (χ4n) is 5.39. The molecule has 2 saturated carbocycles. The lowest BCUT2D eigenvalue weighted by Crippen LogP contribution is -2.52. The standard InChI is InChI=1S/C16H20FN/c1-15-5-10-7-16(18,9-15)8-11(6-15)14-12(10)3-2-4-13(14)17/h2-4,10-11H,5-9,18H2,1H3. The van der Waals surface area contributed by atoms with Gasteiger partial charge in [-0.25, -0.2) is 4.39 Å². The van der Waals surface area contributed by atoms with Gasteiger partial charge in [0.15, 0.2) is 0 Å². The molecule has 4 aliphatic carbocycles. The summed E-state index contributed by atoms with van der Waals surface area (Å²) in [7, 11) is 0. The molecule has 0 amide bonds. The second-order valence-corrected chi connectivity index (χ2v) is 7.30. The lowest BCUT2D eigenvalue weighted by Gasteiger charge is -2.52. The lowest BCUT2D eigenvalue weighted by molar-refractivity contribution is 0.0540. The first kappa shape index (κ1) is 11.0. The molecule has 1 aromatic rings. The quantitative estimate of drug-likeness (QED) is 0.741. The van der Waals surface area contributed by atoms with Crippen LogP contribution in [0.25, 0.3) is 0 Å². The Kier molecular flexibility index (Phi) is 1.93. The van der Waals surface area contributed by atoms with Gasteiger partial charge in [0, 0.05) is 5.54 Å². The van der Waals surface area contributed by atoms with E-state index in [1.165, 1.54) is 12.0 Å². The third-order valence-electron chi connectivity index (χ3n) is 5.50. The largest absolute Gasteiger partial charge is 0.325 e. The van der Waals surface area contributed by atoms with E-state index in [-0.39, 0.29) is 11.4 Å². The molecule has 5 rings (SSSR count). The van der Waals surface area contributed by atoms with Crippen LogP contribution in [0.4, 0.5) is 4.39 Å². The maximum Gasteiger partial charge on any atom is 0.126 e. The molecule has 1 nitrogen and oxygen atoms in total. The van der Waals surface area contributed by atoms with Crippen LogP contribution in [-0.2, 0) is 0 Å². The Morgan fingerprint density at radius 2 is 1.89 bits per heavy atom. The summed E-state index contributed by atoms with van der Waals surface area (Å²) in [6.45, 7) is 2.36. The van der Waals surface area contributed by atoms with Crippen molar-refractivity contribution in [1.82, 2.24) is 0 Å². The van der Waals surface area contributed by atoms with Gasteiger partial charge in [-0.2, -0.15) is 0 Å². The Hall–Kier alpha value is -0.890. The van der Waals surface area contributed by atoms with Gasteiger partial charge < -0.3 is 5.73 Å². The third kappa shape index (κ3) is 1.36. The van der Waals surface area contributed by atoms with Gasteiger partial charge in [-0.3, -0.25) is 0 Å². The van der Waals surface area contributed by atoms with E-state index in [0.717, 1.165) is 31.2 Å². The van der Waals surface area contributed by atoms with Crippen molar-refractivity contribution in [2.24, 2.45) is 11.1 Å². The first-order chi connectivity index (χ1) is 8.48. The second kappa shape index (κ2) is 3.16. The van der Waals surface area contributed by atoms with Crippen LogP contribution in [0.1, 0.15) is 62.0 Å². The normalized spacial score (nSPS) is 44.8. The van der Waals surface area contributed by atoms with Crippen molar-refractivity contribution >= 4 is 0 Å². The molecule has 0 aromatic heterocycles.